The Kier molecular flexibility index (Phi) is 4.80. The summed E-state index contributed by atoms with van der Waals surface area (Å²) in [7, 11) is 1.32. The van der Waals surface area contributed by atoms with Crippen LogP contribution in [0.5, 0.6) is 5.75 Å². The number of aromatic nitrogens is 1. The quantitative estimate of drug-likeness (QED) is 0.663. The number of benzene rings is 2. The second-order valence-corrected chi connectivity index (χ2v) is 6.27. The van der Waals surface area contributed by atoms with Gasteiger partial charge < -0.3 is 9.47 Å². The molecule has 0 N–H and O–H groups in total. The van der Waals surface area contributed by atoms with Crippen LogP contribution in [0, 0.1) is 13.8 Å². The van der Waals surface area contributed by atoms with Crippen molar-refractivity contribution in [3.05, 3.63) is 65.4 Å². The van der Waals surface area contributed by atoms with Crippen molar-refractivity contribution < 1.29 is 19.1 Å². The number of nitrogens with zero attached hydrogens (tertiary/aromatic N) is 1. The first-order valence-corrected chi connectivity index (χ1v) is 8.39. The summed E-state index contributed by atoms with van der Waals surface area (Å²) in [5, 5.41) is 0.672. The molecule has 0 aliphatic rings. The molecule has 5 nitrogen and oxygen atoms in total. The molecule has 0 saturated carbocycles. The number of para-hydroxylation sites is 1. The number of aryl methyl sites for hydroxylation is 2. The molecule has 1 unspecified atom stereocenters. The van der Waals surface area contributed by atoms with Gasteiger partial charge in [0.1, 0.15) is 5.75 Å². The van der Waals surface area contributed by atoms with Crippen LogP contribution in [0.3, 0.4) is 0 Å². The molecule has 0 saturated heterocycles. The Balaban J connectivity index is 1.94. The molecular formula is C21H21NO4. The van der Waals surface area contributed by atoms with Crippen LogP contribution in [0.1, 0.15) is 33.2 Å². The molecule has 26 heavy (non-hydrogen) atoms. The highest BCUT2D eigenvalue weighted by molar-refractivity contribution is 6.07. The number of hydrogen-bond acceptors (Lipinski definition) is 4. The van der Waals surface area contributed by atoms with E-state index in [9.17, 15) is 9.59 Å². The van der Waals surface area contributed by atoms with Crippen LogP contribution in [-0.4, -0.2) is 29.7 Å². The predicted molar refractivity (Wildman–Crippen MR) is 99.9 cm³/mol. The van der Waals surface area contributed by atoms with E-state index in [1.165, 1.54) is 17.9 Å². The third-order valence-corrected chi connectivity index (χ3v) is 4.49. The van der Waals surface area contributed by atoms with Crippen molar-refractivity contribution in [2.75, 3.05) is 7.11 Å². The lowest BCUT2D eigenvalue weighted by atomic mass is 10.1. The summed E-state index contributed by atoms with van der Waals surface area (Å²) in [5.74, 6) is -0.0938. The van der Waals surface area contributed by atoms with Gasteiger partial charge in [0.05, 0.1) is 18.2 Å². The average Bonchev–Trinajstić information content (AvgIpc) is 3.03. The summed E-state index contributed by atoms with van der Waals surface area (Å²) in [5.41, 5.74) is 3.26. The fourth-order valence-electron chi connectivity index (χ4n) is 2.87. The number of esters is 1. The standard InChI is InChI=1S/C21H21NO4/c1-13-9-10-16(11-14(13)2)26-15(3)20(23)22-12-18(21(24)25-4)17-7-5-6-8-19(17)22/h5-12,15H,1-4H3. The maximum Gasteiger partial charge on any atom is 0.340 e. The Morgan fingerprint density at radius 1 is 1.04 bits per heavy atom. The van der Waals surface area contributed by atoms with Crippen LogP contribution in [0.15, 0.2) is 48.7 Å². The van der Waals surface area contributed by atoms with Gasteiger partial charge in [-0.1, -0.05) is 24.3 Å². The van der Waals surface area contributed by atoms with E-state index in [1.54, 1.807) is 19.1 Å². The van der Waals surface area contributed by atoms with Gasteiger partial charge >= 0.3 is 5.97 Å². The van der Waals surface area contributed by atoms with E-state index in [-0.39, 0.29) is 5.91 Å². The van der Waals surface area contributed by atoms with Gasteiger partial charge in [-0.3, -0.25) is 9.36 Å². The number of ether oxygens (including phenoxy) is 2. The molecule has 134 valence electrons. The van der Waals surface area contributed by atoms with Crippen molar-refractivity contribution >= 4 is 22.8 Å². The number of carbonyl (C=O) groups is 2. The average molecular weight is 351 g/mol. The van der Waals surface area contributed by atoms with Crippen LogP contribution in [0.25, 0.3) is 10.9 Å². The highest BCUT2D eigenvalue weighted by atomic mass is 16.5. The zero-order valence-corrected chi connectivity index (χ0v) is 15.3. The SMILES string of the molecule is COC(=O)c1cn(C(=O)C(C)Oc2ccc(C)c(C)c2)c2ccccc12. The third kappa shape index (κ3) is 3.20. The molecule has 0 amide bonds. The van der Waals surface area contributed by atoms with Gasteiger partial charge in [0.2, 0.25) is 0 Å². The maximum atomic E-state index is 12.9. The van der Waals surface area contributed by atoms with E-state index in [4.69, 9.17) is 9.47 Å². The smallest absolute Gasteiger partial charge is 0.340 e. The Morgan fingerprint density at radius 2 is 1.77 bits per heavy atom. The summed E-state index contributed by atoms with van der Waals surface area (Å²) >= 11 is 0. The molecular weight excluding hydrogens is 330 g/mol. The van der Waals surface area contributed by atoms with Gasteiger partial charge in [0, 0.05) is 11.6 Å². The molecule has 0 aliphatic carbocycles. The topological polar surface area (TPSA) is 57.5 Å². The van der Waals surface area contributed by atoms with Gasteiger partial charge in [-0.15, -0.1) is 0 Å². The van der Waals surface area contributed by atoms with Crippen LogP contribution in [-0.2, 0) is 4.74 Å². The second kappa shape index (κ2) is 7.04. The minimum absolute atomic E-state index is 0.255. The van der Waals surface area contributed by atoms with E-state index in [2.05, 4.69) is 0 Å². The van der Waals surface area contributed by atoms with E-state index in [1.807, 2.05) is 44.2 Å². The Bertz CT molecular complexity index is 987. The van der Waals surface area contributed by atoms with Gasteiger partial charge in [-0.2, -0.15) is 0 Å². The van der Waals surface area contributed by atoms with Crippen LogP contribution in [0.4, 0.5) is 0 Å². The van der Waals surface area contributed by atoms with Crippen molar-refractivity contribution in [1.29, 1.82) is 0 Å². The van der Waals surface area contributed by atoms with Crippen molar-refractivity contribution in [3.8, 4) is 5.75 Å². The minimum atomic E-state index is -0.710. The molecule has 1 heterocycles. The monoisotopic (exact) mass is 351 g/mol. The minimum Gasteiger partial charge on any atom is -0.481 e. The van der Waals surface area contributed by atoms with Crippen molar-refractivity contribution in [2.24, 2.45) is 0 Å². The van der Waals surface area contributed by atoms with Crippen LogP contribution < -0.4 is 4.74 Å². The molecule has 5 heteroatoms. The van der Waals surface area contributed by atoms with Crippen molar-refractivity contribution in [2.45, 2.75) is 26.9 Å². The highest BCUT2D eigenvalue weighted by Gasteiger charge is 2.23. The third-order valence-electron chi connectivity index (χ3n) is 4.49. The number of carbonyl (C=O) groups excluding carboxylic acids is 2. The lowest BCUT2D eigenvalue weighted by Gasteiger charge is -2.15. The van der Waals surface area contributed by atoms with E-state index < -0.39 is 12.1 Å². The van der Waals surface area contributed by atoms with Crippen LogP contribution >= 0.6 is 0 Å². The number of hydrogen-bond donors (Lipinski definition) is 0. The first-order valence-electron chi connectivity index (χ1n) is 8.39. The van der Waals surface area contributed by atoms with E-state index >= 15 is 0 Å². The number of methoxy groups -OCH3 is 1. The van der Waals surface area contributed by atoms with E-state index in [0.717, 1.165) is 11.1 Å². The van der Waals surface area contributed by atoms with Crippen LogP contribution in [0.2, 0.25) is 0 Å². The number of rotatable bonds is 4. The van der Waals surface area contributed by atoms with Crippen molar-refractivity contribution in [1.82, 2.24) is 4.57 Å². The fourth-order valence-corrected chi connectivity index (χ4v) is 2.87. The zero-order valence-electron chi connectivity index (χ0n) is 15.3. The summed E-state index contributed by atoms with van der Waals surface area (Å²) in [6.07, 6.45) is 0.803. The van der Waals surface area contributed by atoms with Gasteiger partial charge in [-0.05, 0) is 50.1 Å². The molecule has 0 radical (unpaired) electrons. The van der Waals surface area contributed by atoms with Crippen molar-refractivity contribution in [3.63, 3.8) is 0 Å². The maximum absolute atomic E-state index is 12.9. The van der Waals surface area contributed by atoms with Gasteiger partial charge in [0.15, 0.2) is 6.10 Å². The summed E-state index contributed by atoms with van der Waals surface area (Å²) in [6.45, 7) is 5.72. The van der Waals surface area contributed by atoms with Gasteiger partial charge in [-0.25, -0.2) is 4.79 Å². The predicted octanol–water partition coefficient (Wildman–Crippen LogP) is 4.15. The molecule has 1 atom stereocenters. The first-order chi connectivity index (χ1) is 12.4. The second-order valence-electron chi connectivity index (χ2n) is 6.27. The lowest BCUT2D eigenvalue weighted by Crippen LogP contribution is -2.28. The zero-order chi connectivity index (χ0) is 18.8. The molecule has 1 aromatic heterocycles. The number of fused-ring (bicyclic) bond motifs is 1. The largest absolute Gasteiger partial charge is 0.481 e. The van der Waals surface area contributed by atoms with E-state index in [0.29, 0.717) is 22.2 Å². The molecule has 0 aliphatic heterocycles. The normalized spacial score (nSPS) is 12.0. The Morgan fingerprint density at radius 3 is 2.46 bits per heavy atom. The fraction of sp³-hybridized carbons (Fsp3) is 0.238. The Labute approximate surface area is 152 Å². The molecule has 0 fully saturated rings. The highest BCUT2D eigenvalue weighted by Crippen LogP contribution is 2.24. The molecule has 3 aromatic rings. The summed E-state index contributed by atoms with van der Waals surface area (Å²) in [6, 6.07) is 12.9. The van der Waals surface area contributed by atoms with Gasteiger partial charge in [0.25, 0.3) is 5.91 Å². The summed E-state index contributed by atoms with van der Waals surface area (Å²) in [4.78, 5) is 24.9. The molecule has 2 aromatic carbocycles. The molecule has 0 bridgehead atoms. The Hall–Kier alpha value is -3.08. The summed E-state index contributed by atoms with van der Waals surface area (Å²) < 4.78 is 12.1. The first kappa shape index (κ1) is 17.7. The molecule has 3 rings (SSSR count). The molecule has 0 spiro atoms. The lowest BCUT2D eigenvalue weighted by molar-refractivity contribution is 0.0602.